The summed E-state index contributed by atoms with van der Waals surface area (Å²) in [4.78, 5) is 11.8. The van der Waals surface area contributed by atoms with Crippen molar-refractivity contribution in [1.82, 2.24) is 5.32 Å². The highest BCUT2D eigenvalue weighted by atomic mass is 16.1. The van der Waals surface area contributed by atoms with Crippen molar-refractivity contribution >= 4 is 5.91 Å². The molecule has 0 heterocycles. The molecule has 0 atom stereocenters. The molecule has 0 unspecified atom stereocenters. The van der Waals surface area contributed by atoms with Gasteiger partial charge in [-0.25, -0.2) is 0 Å². The van der Waals surface area contributed by atoms with E-state index in [4.69, 9.17) is 5.26 Å². The summed E-state index contributed by atoms with van der Waals surface area (Å²) in [7, 11) is 0. The molecule has 1 amide bonds. The minimum atomic E-state index is -0.103. The number of nitrogens with one attached hydrogen (secondary N) is 1. The second-order valence-corrected chi connectivity index (χ2v) is 4.09. The molecule has 0 radical (unpaired) electrons. The van der Waals surface area contributed by atoms with Gasteiger partial charge >= 0.3 is 0 Å². The Morgan fingerprint density at radius 2 is 2.12 bits per heavy atom. The van der Waals surface area contributed by atoms with Crippen LogP contribution in [-0.2, 0) is 0 Å². The fourth-order valence-electron chi connectivity index (χ4n) is 1.65. The molecule has 0 aliphatic carbocycles. The van der Waals surface area contributed by atoms with E-state index >= 15 is 0 Å². The van der Waals surface area contributed by atoms with Gasteiger partial charge < -0.3 is 5.32 Å². The molecule has 0 fully saturated rings. The van der Waals surface area contributed by atoms with Gasteiger partial charge in [0.15, 0.2) is 0 Å². The zero-order chi connectivity index (χ0) is 12.7. The van der Waals surface area contributed by atoms with Crippen LogP contribution in [0.4, 0.5) is 0 Å². The first-order valence-electron chi connectivity index (χ1n) is 5.99. The van der Waals surface area contributed by atoms with E-state index in [-0.39, 0.29) is 5.91 Å². The van der Waals surface area contributed by atoms with Crippen LogP contribution in [0.3, 0.4) is 0 Å². The van der Waals surface area contributed by atoms with Crippen LogP contribution < -0.4 is 5.32 Å². The van der Waals surface area contributed by atoms with Gasteiger partial charge in [0, 0.05) is 12.1 Å². The summed E-state index contributed by atoms with van der Waals surface area (Å²) in [5.41, 5.74) is 1.06. The molecule has 1 rings (SSSR count). The Hall–Kier alpha value is -1.82. The van der Waals surface area contributed by atoms with E-state index < -0.39 is 0 Å². The number of nitrogens with zero attached hydrogens (tertiary/aromatic N) is 1. The summed E-state index contributed by atoms with van der Waals surface area (Å²) in [6, 6.07) is 8.79. The van der Waals surface area contributed by atoms with Crippen LogP contribution in [0.2, 0.25) is 0 Å². The Morgan fingerprint density at radius 3 is 2.71 bits per heavy atom. The lowest BCUT2D eigenvalue weighted by atomic mass is 10.0. The quantitative estimate of drug-likeness (QED) is 0.845. The monoisotopic (exact) mass is 230 g/mol. The highest BCUT2D eigenvalue weighted by molar-refractivity contribution is 5.94. The normalized spacial score (nSPS) is 10.0. The van der Waals surface area contributed by atoms with Gasteiger partial charge in [0.2, 0.25) is 0 Å². The highest BCUT2D eigenvalue weighted by Crippen LogP contribution is 2.07. The molecule has 3 heteroatoms. The van der Waals surface area contributed by atoms with E-state index in [2.05, 4.69) is 19.2 Å². The summed E-state index contributed by atoms with van der Waals surface area (Å²) < 4.78 is 0. The van der Waals surface area contributed by atoms with E-state index in [0.717, 1.165) is 12.8 Å². The number of benzene rings is 1. The van der Waals surface area contributed by atoms with E-state index in [0.29, 0.717) is 23.6 Å². The van der Waals surface area contributed by atoms with E-state index in [1.54, 1.807) is 24.3 Å². The Bertz CT molecular complexity index is 416. The van der Waals surface area contributed by atoms with Crippen molar-refractivity contribution in [1.29, 1.82) is 5.26 Å². The van der Waals surface area contributed by atoms with Gasteiger partial charge in [-0.1, -0.05) is 32.8 Å². The molecule has 0 spiro atoms. The van der Waals surface area contributed by atoms with Crippen LogP contribution >= 0.6 is 0 Å². The second kappa shape index (κ2) is 6.70. The summed E-state index contributed by atoms with van der Waals surface area (Å²) in [5.74, 6) is 0.423. The van der Waals surface area contributed by atoms with Gasteiger partial charge in [0.1, 0.15) is 0 Å². The Morgan fingerprint density at radius 1 is 1.41 bits per heavy atom. The second-order valence-electron chi connectivity index (χ2n) is 4.09. The van der Waals surface area contributed by atoms with Gasteiger partial charge in [-0.3, -0.25) is 4.79 Å². The zero-order valence-electron chi connectivity index (χ0n) is 10.4. The van der Waals surface area contributed by atoms with Crippen molar-refractivity contribution in [2.24, 2.45) is 5.92 Å². The number of rotatable bonds is 5. The predicted molar refractivity (Wildman–Crippen MR) is 67.6 cm³/mol. The average molecular weight is 230 g/mol. The van der Waals surface area contributed by atoms with Gasteiger partial charge in [0.05, 0.1) is 11.6 Å². The first-order valence-corrected chi connectivity index (χ1v) is 5.99. The number of amides is 1. The maximum atomic E-state index is 11.8. The smallest absolute Gasteiger partial charge is 0.251 e. The third-order valence-electron chi connectivity index (χ3n) is 2.96. The summed E-state index contributed by atoms with van der Waals surface area (Å²) in [6.07, 6.45) is 2.13. The van der Waals surface area contributed by atoms with Crippen molar-refractivity contribution < 1.29 is 4.79 Å². The lowest BCUT2D eigenvalue weighted by molar-refractivity contribution is 0.0946. The fraction of sp³-hybridized carbons (Fsp3) is 0.429. The maximum Gasteiger partial charge on any atom is 0.251 e. The molecule has 0 bridgehead atoms. The topological polar surface area (TPSA) is 52.9 Å². The van der Waals surface area contributed by atoms with E-state index in [1.165, 1.54) is 0 Å². The first-order chi connectivity index (χ1) is 8.21. The number of carbonyl (C=O) groups excluding carboxylic acids is 1. The van der Waals surface area contributed by atoms with Gasteiger partial charge in [-0.05, 0) is 24.1 Å². The average Bonchev–Trinajstić information content (AvgIpc) is 2.39. The SMILES string of the molecule is CCC(CC)CNC(=O)c1cccc(C#N)c1. The van der Waals surface area contributed by atoms with Crippen molar-refractivity contribution in [3.8, 4) is 6.07 Å². The first kappa shape index (κ1) is 13.2. The third kappa shape index (κ3) is 3.92. The summed E-state index contributed by atoms with van der Waals surface area (Å²) >= 11 is 0. The summed E-state index contributed by atoms with van der Waals surface area (Å²) in [5, 5.41) is 11.7. The molecule has 0 saturated carbocycles. The molecule has 1 aromatic rings. The maximum absolute atomic E-state index is 11.8. The molecule has 0 saturated heterocycles. The van der Waals surface area contributed by atoms with Gasteiger partial charge in [-0.15, -0.1) is 0 Å². The minimum Gasteiger partial charge on any atom is -0.352 e. The molecule has 1 N–H and O–H groups in total. The van der Waals surface area contributed by atoms with Gasteiger partial charge in [0.25, 0.3) is 5.91 Å². The molecule has 3 nitrogen and oxygen atoms in total. The number of nitriles is 1. The summed E-state index contributed by atoms with van der Waals surface area (Å²) in [6.45, 7) is 4.94. The number of hydrogen-bond acceptors (Lipinski definition) is 2. The molecule has 0 aliphatic rings. The number of carbonyl (C=O) groups is 1. The third-order valence-corrected chi connectivity index (χ3v) is 2.96. The van der Waals surface area contributed by atoms with Crippen molar-refractivity contribution in [2.45, 2.75) is 26.7 Å². The predicted octanol–water partition coefficient (Wildman–Crippen LogP) is 2.72. The van der Waals surface area contributed by atoms with Crippen molar-refractivity contribution in [3.05, 3.63) is 35.4 Å². The lowest BCUT2D eigenvalue weighted by Crippen LogP contribution is -2.28. The van der Waals surface area contributed by atoms with Crippen LogP contribution in [-0.4, -0.2) is 12.5 Å². The Kier molecular flexibility index (Phi) is 5.22. The molecular weight excluding hydrogens is 212 g/mol. The standard InChI is InChI=1S/C14H18N2O/c1-3-11(4-2)10-16-14(17)13-7-5-6-12(8-13)9-15/h5-8,11H,3-4,10H2,1-2H3,(H,16,17). The van der Waals surface area contributed by atoms with Crippen LogP contribution in [0.25, 0.3) is 0 Å². The van der Waals surface area contributed by atoms with Gasteiger partial charge in [-0.2, -0.15) is 5.26 Å². The fourth-order valence-corrected chi connectivity index (χ4v) is 1.65. The molecule has 90 valence electrons. The van der Waals surface area contributed by atoms with Crippen molar-refractivity contribution in [2.75, 3.05) is 6.54 Å². The lowest BCUT2D eigenvalue weighted by Gasteiger charge is -2.13. The molecule has 17 heavy (non-hydrogen) atoms. The largest absolute Gasteiger partial charge is 0.352 e. The Labute approximate surface area is 102 Å². The molecule has 0 aromatic heterocycles. The molecule has 0 aliphatic heterocycles. The van der Waals surface area contributed by atoms with Crippen LogP contribution in [0.15, 0.2) is 24.3 Å². The van der Waals surface area contributed by atoms with Crippen LogP contribution in [0.5, 0.6) is 0 Å². The number of hydrogen-bond donors (Lipinski definition) is 1. The Balaban J connectivity index is 2.61. The highest BCUT2D eigenvalue weighted by Gasteiger charge is 2.08. The van der Waals surface area contributed by atoms with Crippen LogP contribution in [0, 0.1) is 17.2 Å². The molecular formula is C14H18N2O. The van der Waals surface area contributed by atoms with E-state index in [1.807, 2.05) is 6.07 Å². The zero-order valence-corrected chi connectivity index (χ0v) is 10.4. The molecule has 1 aromatic carbocycles. The van der Waals surface area contributed by atoms with E-state index in [9.17, 15) is 4.79 Å². The minimum absolute atomic E-state index is 0.103. The van der Waals surface area contributed by atoms with Crippen LogP contribution in [0.1, 0.15) is 42.6 Å². The van der Waals surface area contributed by atoms with Crippen molar-refractivity contribution in [3.63, 3.8) is 0 Å².